The summed E-state index contributed by atoms with van der Waals surface area (Å²) in [6.07, 6.45) is 4.86. The van der Waals surface area contributed by atoms with Crippen LogP contribution in [0.5, 0.6) is 0 Å². The Labute approximate surface area is 210 Å². The third kappa shape index (κ3) is 5.81. The normalized spacial score (nSPS) is 16.7. The zero-order chi connectivity index (χ0) is 24.8. The van der Waals surface area contributed by atoms with E-state index in [0.717, 1.165) is 35.1 Å². The van der Waals surface area contributed by atoms with Crippen LogP contribution in [0.3, 0.4) is 0 Å². The molecule has 3 N–H and O–H groups in total. The van der Waals surface area contributed by atoms with Crippen molar-refractivity contribution in [1.82, 2.24) is 10.6 Å². The molecule has 0 bridgehead atoms. The van der Waals surface area contributed by atoms with E-state index in [-0.39, 0.29) is 24.9 Å². The monoisotopic (exact) mass is 496 g/mol. The molecule has 2 aromatic carbocycles. The average Bonchev–Trinajstić information content (AvgIpc) is 3.42. The molecule has 0 unspecified atom stereocenters. The first kappa shape index (κ1) is 25.1. The number of fused-ring (bicyclic) bond motifs is 3. The molecular weight excluding hydrogens is 464 g/mol. The maximum atomic E-state index is 12.9. The standard InChI is InChI=1S/C27H32N2O5S/c1-35-15-12-23(25(31)32)28-24(30)16-27(13-6-7-14-27)29-26(33)34-17-22-20-10-4-2-8-18(20)19-9-3-5-11-21(19)22/h2-5,8-11,22-23H,6-7,12-17H2,1H3,(H,28,30)(H,29,33)(H,31,32)/t23-/m1/s1. The summed E-state index contributed by atoms with van der Waals surface area (Å²) in [6, 6.07) is 15.4. The Balaban J connectivity index is 1.38. The molecule has 0 saturated heterocycles. The molecule has 35 heavy (non-hydrogen) atoms. The van der Waals surface area contributed by atoms with Gasteiger partial charge >= 0.3 is 12.1 Å². The molecule has 7 nitrogen and oxygen atoms in total. The molecule has 0 aliphatic heterocycles. The summed E-state index contributed by atoms with van der Waals surface area (Å²) in [5, 5.41) is 15.0. The molecule has 1 atom stereocenters. The molecule has 2 aromatic rings. The lowest BCUT2D eigenvalue weighted by Crippen LogP contribution is -2.51. The molecule has 1 saturated carbocycles. The molecular formula is C27H32N2O5S. The second-order valence-corrected chi connectivity index (χ2v) is 10.3. The van der Waals surface area contributed by atoms with Crippen molar-refractivity contribution >= 4 is 29.7 Å². The van der Waals surface area contributed by atoms with E-state index in [4.69, 9.17) is 4.74 Å². The maximum absolute atomic E-state index is 12.9. The molecule has 186 valence electrons. The summed E-state index contributed by atoms with van der Waals surface area (Å²) >= 11 is 1.53. The van der Waals surface area contributed by atoms with Gasteiger partial charge in [-0.2, -0.15) is 11.8 Å². The van der Waals surface area contributed by atoms with E-state index in [1.54, 1.807) is 0 Å². The van der Waals surface area contributed by atoms with Gasteiger partial charge in [-0.25, -0.2) is 9.59 Å². The highest BCUT2D eigenvalue weighted by molar-refractivity contribution is 7.98. The lowest BCUT2D eigenvalue weighted by molar-refractivity contribution is -0.142. The van der Waals surface area contributed by atoms with E-state index in [9.17, 15) is 19.5 Å². The number of ether oxygens (including phenoxy) is 1. The smallest absolute Gasteiger partial charge is 0.407 e. The fourth-order valence-electron chi connectivity index (χ4n) is 5.29. The average molecular weight is 497 g/mol. The van der Waals surface area contributed by atoms with Gasteiger partial charge in [0.25, 0.3) is 0 Å². The van der Waals surface area contributed by atoms with Crippen molar-refractivity contribution in [2.75, 3.05) is 18.6 Å². The van der Waals surface area contributed by atoms with Crippen LogP contribution < -0.4 is 10.6 Å². The predicted molar refractivity (Wildman–Crippen MR) is 137 cm³/mol. The number of aliphatic carboxylic acids is 1. The van der Waals surface area contributed by atoms with E-state index in [0.29, 0.717) is 25.0 Å². The van der Waals surface area contributed by atoms with Crippen molar-refractivity contribution in [1.29, 1.82) is 0 Å². The summed E-state index contributed by atoms with van der Waals surface area (Å²) in [4.78, 5) is 37.1. The number of amides is 2. The Bertz CT molecular complexity index is 1040. The van der Waals surface area contributed by atoms with Crippen LogP contribution >= 0.6 is 11.8 Å². The number of rotatable bonds is 10. The van der Waals surface area contributed by atoms with Gasteiger partial charge in [0, 0.05) is 12.3 Å². The van der Waals surface area contributed by atoms with Crippen LogP contribution in [0.1, 0.15) is 55.6 Å². The molecule has 2 amide bonds. The van der Waals surface area contributed by atoms with Crippen LogP contribution in [-0.4, -0.2) is 53.3 Å². The minimum atomic E-state index is -1.04. The fourth-order valence-corrected chi connectivity index (χ4v) is 5.77. The predicted octanol–water partition coefficient (Wildman–Crippen LogP) is 4.55. The Kier molecular flexibility index (Phi) is 8.00. The second kappa shape index (κ2) is 11.2. The number of hydrogen-bond donors (Lipinski definition) is 3. The number of carbonyl (C=O) groups excluding carboxylic acids is 2. The molecule has 1 fully saturated rings. The van der Waals surface area contributed by atoms with Crippen LogP contribution in [0, 0.1) is 0 Å². The van der Waals surface area contributed by atoms with Gasteiger partial charge in [-0.05, 0) is 53.5 Å². The van der Waals surface area contributed by atoms with E-state index in [2.05, 4.69) is 34.9 Å². The van der Waals surface area contributed by atoms with E-state index in [1.165, 1.54) is 11.8 Å². The highest BCUT2D eigenvalue weighted by Crippen LogP contribution is 2.44. The minimum absolute atomic E-state index is 0.0382. The summed E-state index contributed by atoms with van der Waals surface area (Å²) in [5.74, 6) is -0.805. The number of carbonyl (C=O) groups is 3. The van der Waals surface area contributed by atoms with Gasteiger partial charge in [-0.3, -0.25) is 4.79 Å². The number of alkyl carbamates (subject to hydrolysis) is 1. The van der Waals surface area contributed by atoms with Gasteiger partial charge in [-0.1, -0.05) is 61.4 Å². The number of thioether (sulfide) groups is 1. The van der Waals surface area contributed by atoms with Gasteiger partial charge in [0.2, 0.25) is 5.91 Å². The zero-order valence-electron chi connectivity index (χ0n) is 19.9. The minimum Gasteiger partial charge on any atom is -0.480 e. The summed E-state index contributed by atoms with van der Waals surface area (Å²) in [5.41, 5.74) is 3.89. The van der Waals surface area contributed by atoms with E-state index >= 15 is 0 Å². The fraction of sp³-hybridized carbons (Fsp3) is 0.444. The molecule has 0 aromatic heterocycles. The van der Waals surface area contributed by atoms with Crippen LogP contribution in [-0.2, 0) is 14.3 Å². The van der Waals surface area contributed by atoms with Gasteiger partial charge in [0.15, 0.2) is 0 Å². The lowest BCUT2D eigenvalue weighted by atomic mass is 9.92. The third-order valence-electron chi connectivity index (χ3n) is 7.01. The third-order valence-corrected chi connectivity index (χ3v) is 7.66. The van der Waals surface area contributed by atoms with Crippen molar-refractivity contribution in [3.63, 3.8) is 0 Å². The van der Waals surface area contributed by atoms with Crippen LogP contribution in [0.25, 0.3) is 11.1 Å². The molecule has 8 heteroatoms. The summed E-state index contributed by atoms with van der Waals surface area (Å²) in [7, 11) is 0. The first-order valence-corrected chi connectivity index (χ1v) is 13.5. The van der Waals surface area contributed by atoms with Crippen molar-refractivity contribution in [3.8, 4) is 11.1 Å². The molecule has 2 aliphatic rings. The Morgan fingerprint density at radius 1 is 1.06 bits per heavy atom. The molecule has 4 rings (SSSR count). The second-order valence-electron chi connectivity index (χ2n) is 9.35. The van der Waals surface area contributed by atoms with Crippen LogP contribution in [0.4, 0.5) is 4.79 Å². The highest BCUT2D eigenvalue weighted by atomic mass is 32.2. The van der Waals surface area contributed by atoms with Crippen LogP contribution in [0.15, 0.2) is 48.5 Å². The molecule has 0 heterocycles. The topological polar surface area (TPSA) is 105 Å². The summed E-state index contributed by atoms with van der Waals surface area (Å²) < 4.78 is 5.70. The number of hydrogen-bond acceptors (Lipinski definition) is 5. The van der Waals surface area contributed by atoms with Crippen molar-refractivity contribution < 1.29 is 24.2 Å². The molecule has 0 spiro atoms. The number of nitrogens with one attached hydrogen (secondary N) is 2. The van der Waals surface area contributed by atoms with E-state index < -0.39 is 23.6 Å². The van der Waals surface area contributed by atoms with Gasteiger partial charge in [0.1, 0.15) is 12.6 Å². The Morgan fingerprint density at radius 2 is 1.66 bits per heavy atom. The maximum Gasteiger partial charge on any atom is 0.407 e. The SMILES string of the molecule is CSCC[C@@H](NC(=O)CC1(NC(=O)OCC2c3ccccc3-c3ccccc32)CCCC1)C(=O)O. The summed E-state index contributed by atoms with van der Waals surface area (Å²) in [6.45, 7) is 0.206. The Morgan fingerprint density at radius 3 is 2.23 bits per heavy atom. The highest BCUT2D eigenvalue weighted by Gasteiger charge is 2.39. The zero-order valence-corrected chi connectivity index (χ0v) is 20.7. The number of carboxylic acids is 1. The first-order chi connectivity index (χ1) is 16.9. The Hall–Kier alpha value is -3.00. The first-order valence-electron chi connectivity index (χ1n) is 12.1. The molecule has 0 radical (unpaired) electrons. The number of benzene rings is 2. The molecule has 2 aliphatic carbocycles. The quantitative estimate of drug-likeness (QED) is 0.446. The number of carboxylic acid groups (broad SMARTS) is 1. The van der Waals surface area contributed by atoms with E-state index in [1.807, 2.05) is 30.5 Å². The van der Waals surface area contributed by atoms with Crippen molar-refractivity contribution in [2.45, 2.75) is 56.0 Å². The lowest BCUT2D eigenvalue weighted by Gasteiger charge is -2.30. The van der Waals surface area contributed by atoms with Crippen molar-refractivity contribution in [3.05, 3.63) is 59.7 Å². The largest absolute Gasteiger partial charge is 0.480 e. The van der Waals surface area contributed by atoms with Gasteiger partial charge in [0.05, 0.1) is 5.54 Å². The van der Waals surface area contributed by atoms with Crippen molar-refractivity contribution in [2.24, 2.45) is 0 Å². The van der Waals surface area contributed by atoms with Crippen LogP contribution in [0.2, 0.25) is 0 Å². The van der Waals surface area contributed by atoms with Gasteiger partial charge < -0.3 is 20.5 Å². The van der Waals surface area contributed by atoms with Gasteiger partial charge in [-0.15, -0.1) is 0 Å².